The van der Waals surface area contributed by atoms with E-state index in [4.69, 9.17) is 4.74 Å². The molecule has 15 heavy (non-hydrogen) atoms. The van der Waals surface area contributed by atoms with Crippen molar-refractivity contribution in [2.45, 2.75) is 20.3 Å². The van der Waals surface area contributed by atoms with Gasteiger partial charge in [0.15, 0.2) is 0 Å². The number of ether oxygens (including phenoxy) is 1. The quantitative estimate of drug-likeness (QED) is 0.697. The third-order valence-corrected chi connectivity index (χ3v) is 1.94. The second-order valence-corrected chi connectivity index (χ2v) is 3.97. The first kappa shape index (κ1) is 12.0. The van der Waals surface area contributed by atoms with Crippen LogP contribution in [-0.2, 0) is 0 Å². The van der Waals surface area contributed by atoms with Crippen molar-refractivity contribution in [1.82, 2.24) is 10.3 Å². The Balaban J connectivity index is 1.98. The maximum atomic E-state index is 5.46. The van der Waals surface area contributed by atoms with Gasteiger partial charge >= 0.3 is 0 Å². The molecule has 0 aliphatic rings. The maximum absolute atomic E-state index is 5.46. The Hall–Kier alpha value is -1.09. The fourth-order valence-electron chi connectivity index (χ4n) is 1.20. The van der Waals surface area contributed by atoms with E-state index in [-0.39, 0.29) is 0 Å². The second kappa shape index (κ2) is 7.23. The zero-order valence-electron chi connectivity index (χ0n) is 9.57. The zero-order valence-corrected chi connectivity index (χ0v) is 9.57. The molecule has 0 radical (unpaired) electrons. The molecule has 0 aromatic carbocycles. The Morgan fingerprint density at radius 3 is 2.93 bits per heavy atom. The van der Waals surface area contributed by atoms with Crippen molar-refractivity contribution in [3.05, 3.63) is 24.4 Å². The molecule has 0 unspecified atom stereocenters. The van der Waals surface area contributed by atoms with Crippen LogP contribution < -0.4 is 10.1 Å². The number of nitrogens with zero attached hydrogens (tertiary/aromatic N) is 1. The summed E-state index contributed by atoms with van der Waals surface area (Å²) in [4.78, 5) is 4.08. The Labute approximate surface area is 91.9 Å². The summed E-state index contributed by atoms with van der Waals surface area (Å²) in [5, 5.41) is 3.37. The van der Waals surface area contributed by atoms with Gasteiger partial charge in [0, 0.05) is 12.3 Å². The minimum Gasteiger partial charge on any atom is -0.478 e. The highest BCUT2D eigenvalue weighted by Gasteiger charge is 1.94. The van der Waals surface area contributed by atoms with Gasteiger partial charge in [0.1, 0.15) is 0 Å². The highest BCUT2D eigenvalue weighted by molar-refractivity contribution is 5.08. The molecule has 1 heterocycles. The van der Waals surface area contributed by atoms with Crippen molar-refractivity contribution in [3.8, 4) is 5.88 Å². The molecule has 0 aliphatic heterocycles. The van der Waals surface area contributed by atoms with E-state index in [0.29, 0.717) is 11.8 Å². The standard InChI is InChI=1S/C12H20N2O/c1-11(2)10-13-7-5-9-15-12-6-3-4-8-14-12/h3-4,6,8,11,13H,5,7,9-10H2,1-2H3. The first-order valence-electron chi connectivity index (χ1n) is 5.53. The minimum atomic E-state index is 0.710. The van der Waals surface area contributed by atoms with Crippen molar-refractivity contribution in [1.29, 1.82) is 0 Å². The number of aromatic nitrogens is 1. The predicted molar refractivity (Wildman–Crippen MR) is 62.1 cm³/mol. The van der Waals surface area contributed by atoms with Crippen LogP contribution in [0.15, 0.2) is 24.4 Å². The van der Waals surface area contributed by atoms with Gasteiger partial charge in [-0.15, -0.1) is 0 Å². The van der Waals surface area contributed by atoms with E-state index in [2.05, 4.69) is 24.1 Å². The highest BCUT2D eigenvalue weighted by Crippen LogP contribution is 2.02. The van der Waals surface area contributed by atoms with Gasteiger partial charge in [-0.2, -0.15) is 0 Å². The van der Waals surface area contributed by atoms with Crippen molar-refractivity contribution in [2.75, 3.05) is 19.7 Å². The van der Waals surface area contributed by atoms with E-state index in [9.17, 15) is 0 Å². The van der Waals surface area contributed by atoms with Crippen molar-refractivity contribution < 1.29 is 4.74 Å². The third-order valence-electron chi connectivity index (χ3n) is 1.94. The first-order valence-corrected chi connectivity index (χ1v) is 5.53. The van der Waals surface area contributed by atoms with Gasteiger partial charge in [0.2, 0.25) is 5.88 Å². The smallest absolute Gasteiger partial charge is 0.213 e. The van der Waals surface area contributed by atoms with E-state index in [0.717, 1.165) is 26.1 Å². The average Bonchev–Trinajstić information content (AvgIpc) is 2.24. The molecule has 84 valence electrons. The molecule has 0 spiro atoms. The summed E-state index contributed by atoms with van der Waals surface area (Å²) >= 11 is 0. The fourth-order valence-corrected chi connectivity index (χ4v) is 1.20. The number of rotatable bonds is 7. The highest BCUT2D eigenvalue weighted by atomic mass is 16.5. The van der Waals surface area contributed by atoms with Gasteiger partial charge in [-0.3, -0.25) is 0 Å². The monoisotopic (exact) mass is 208 g/mol. The van der Waals surface area contributed by atoms with Gasteiger partial charge in [-0.25, -0.2) is 4.98 Å². The molecular formula is C12H20N2O. The summed E-state index contributed by atoms with van der Waals surface area (Å²) in [6.45, 7) is 7.21. The SMILES string of the molecule is CC(C)CNCCCOc1ccccn1. The Bertz CT molecular complexity index is 249. The molecule has 0 fully saturated rings. The molecule has 1 N–H and O–H groups in total. The van der Waals surface area contributed by atoms with E-state index in [1.165, 1.54) is 0 Å². The number of hydrogen-bond donors (Lipinski definition) is 1. The zero-order chi connectivity index (χ0) is 10.9. The second-order valence-electron chi connectivity index (χ2n) is 3.97. The van der Waals surface area contributed by atoms with Crippen LogP contribution in [0.1, 0.15) is 20.3 Å². The van der Waals surface area contributed by atoms with E-state index < -0.39 is 0 Å². The summed E-state index contributed by atoms with van der Waals surface area (Å²) in [7, 11) is 0. The summed E-state index contributed by atoms with van der Waals surface area (Å²) in [6.07, 6.45) is 2.76. The molecule has 1 rings (SSSR count). The van der Waals surface area contributed by atoms with Crippen molar-refractivity contribution >= 4 is 0 Å². The molecule has 0 bridgehead atoms. The van der Waals surface area contributed by atoms with Crippen molar-refractivity contribution in [2.24, 2.45) is 5.92 Å². The molecule has 3 heteroatoms. The van der Waals surface area contributed by atoms with E-state index >= 15 is 0 Å². The molecule has 0 aliphatic carbocycles. The molecule has 0 amide bonds. The first-order chi connectivity index (χ1) is 7.29. The average molecular weight is 208 g/mol. The van der Waals surface area contributed by atoms with E-state index in [1.54, 1.807) is 6.20 Å². The summed E-state index contributed by atoms with van der Waals surface area (Å²) < 4.78 is 5.46. The summed E-state index contributed by atoms with van der Waals surface area (Å²) in [5.41, 5.74) is 0. The van der Waals surface area contributed by atoms with Crippen LogP contribution >= 0.6 is 0 Å². The molecule has 0 saturated heterocycles. The predicted octanol–water partition coefficient (Wildman–Crippen LogP) is 2.10. The summed E-state index contributed by atoms with van der Waals surface area (Å²) in [5.74, 6) is 1.42. The van der Waals surface area contributed by atoms with Gasteiger partial charge in [-0.1, -0.05) is 19.9 Å². The van der Waals surface area contributed by atoms with Crippen LogP contribution in [0.5, 0.6) is 5.88 Å². The van der Waals surface area contributed by atoms with Crippen LogP contribution in [0.3, 0.4) is 0 Å². The molecule has 1 aromatic heterocycles. The molecule has 0 atom stereocenters. The van der Waals surface area contributed by atoms with Crippen LogP contribution in [0.4, 0.5) is 0 Å². The lowest BCUT2D eigenvalue weighted by Crippen LogP contribution is -2.22. The lowest BCUT2D eigenvalue weighted by Gasteiger charge is -2.07. The van der Waals surface area contributed by atoms with Crippen molar-refractivity contribution in [3.63, 3.8) is 0 Å². The van der Waals surface area contributed by atoms with Gasteiger partial charge in [0.25, 0.3) is 0 Å². The number of pyridine rings is 1. The van der Waals surface area contributed by atoms with E-state index in [1.807, 2.05) is 18.2 Å². The molecule has 0 saturated carbocycles. The van der Waals surface area contributed by atoms with Crippen LogP contribution in [0.2, 0.25) is 0 Å². The normalized spacial score (nSPS) is 10.6. The summed E-state index contributed by atoms with van der Waals surface area (Å²) in [6, 6.07) is 5.69. The van der Waals surface area contributed by atoms with Crippen LogP contribution in [0, 0.1) is 5.92 Å². The largest absolute Gasteiger partial charge is 0.478 e. The topological polar surface area (TPSA) is 34.1 Å². The van der Waals surface area contributed by atoms with Gasteiger partial charge in [-0.05, 0) is 31.5 Å². The Morgan fingerprint density at radius 2 is 2.27 bits per heavy atom. The fraction of sp³-hybridized carbons (Fsp3) is 0.583. The minimum absolute atomic E-state index is 0.710. The molecular weight excluding hydrogens is 188 g/mol. The molecule has 3 nitrogen and oxygen atoms in total. The maximum Gasteiger partial charge on any atom is 0.213 e. The lowest BCUT2D eigenvalue weighted by atomic mass is 10.2. The number of hydrogen-bond acceptors (Lipinski definition) is 3. The van der Waals surface area contributed by atoms with Crippen LogP contribution in [0.25, 0.3) is 0 Å². The third kappa shape index (κ3) is 6.07. The lowest BCUT2D eigenvalue weighted by molar-refractivity contribution is 0.296. The number of nitrogens with one attached hydrogen (secondary N) is 1. The Morgan fingerprint density at radius 1 is 1.40 bits per heavy atom. The van der Waals surface area contributed by atoms with Gasteiger partial charge in [0.05, 0.1) is 6.61 Å². The molecule has 1 aromatic rings. The van der Waals surface area contributed by atoms with Gasteiger partial charge < -0.3 is 10.1 Å². The van der Waals surface area contributed by atoms with Crippen LogP contribution in [-0.4, -0.2) is 24.7 Å². The Kier molecular flexibility index (Phi) is 5.78.